The Kier molecular flexibility index (Phi) is 12.0. The van der Waals surface area contributed by atoms with Gasteiger partial charge in [-0.1, -0.05) is 96.7 Å². The Morgan fingerprint density at radius 3 is 1.52 bits per heavy atom. The van der Waals surface area contributed by atoms with Gasteiger partial charge in [-0.05, 0) is 82.9 Å². The minimum absolute atomic E-state index is 0.396. The lowest BCUT2D eigenvalue weighted by Gasteiger charge is -2.14. The predicted molar refractivity (Wildman–Crippen MR) is 192 cm³/mol. The second-order valence-corrected chi connectivity index (χ2v) is 15.0. The molecule has 0 aliphatic carbocycles. The van der Waals surface area contributed by atoms with E-state index in [1.165, 1.54) is 36.9 Å². The predicted octanol–water partition coefficient (Wildman–Crippen LogP) is 10.3. The number of ether oxygens (including phenoxy) is 2. The van der Waals surface area contributed by atoms with Crippen molar-refractivity contribution in [3.05, 3.63) is 152 Å². The summed E-state index contributed by atoms with van der Waals surface area (Å²) in [4.78, 5) is 5.79. The van der Waals surface area contributed by atoms with Crippen LogP contribution in [0.2, 0.25) is 0 Å². The van der Waals surface area contributed by atoms with Crippen LogP contribution in [0, 0.1) is 0 Å². The fraction of sp³-hybridized carbons (Fsp3) is 0.0769. The third-order valence-electron chi connectivity index (χ3n) is 7.33. The third kappa shape index (κ3) is 9.10. The molecular formula is C39H31F3O5S3. The summed E-state index contributed by atoms with van der Waals surface area (Å²) in [5.74, 6) is 1.74. The Hall–Kier alpha value is -4.68. The Bertz CT molecular complexity index is 2110. The van der Waals surface area contributed by atoms with Crippen LogP contribution in [0.5, 0.6) is 11.5 Å². The van der Waals surface area contributed by atoms with Gasteiger partial charge in [0.05, 0.1) is 19.1 Å². The zero-order valence-electron chi connectivity index (χ0n) is 26.8. The van der Waals surface area contributed by atoms with E-state index in [1.54, 1.807) is 26.0 Å². The van der Waals surface area contributed by atoms with Crippen LogP contribution in [-0.4, -0.2) is 32.7 Å². The van der Waals surface area contributed by atoms with E-state index in [1.807, 2.05) is 24.3 Å². The normalized spacial score (nSPS) is 12.0. The van der Waals surface area contributed by atoms with Crippen LogP contribution in [0.4, 0.5) is 13.2 Å². The van der Waals surface area contributed by atoms with Gasteiger partial charge in [0.15, 0.2) is 25.7 Å². The molecule has 0 spiro atoms. The molecule has 0 aliphatic rings. The van der Waals surface area contributed by atoms with Gasteiger partial charge in [0.2, 0.25) is 4.90 Å². The maximum absolute atomic E-state index is 10.7. The van der Waals surface area contributed by atoms with E-state index in [-0.39, 0.29) is 0 Å². The van der Waals surface area contributed by atoms with Crippen LogP contribution in [0.3, 0.4) is 0 Å². The molecule has 11 heteroatoms. The van der Waals surface area contributed by atoms with E-state index < -0.39 is 26.5 Å². The molecular weight excluding hydrogens is 702 g/mol. The first-order chi connectivity index (χ1) is 24.0. The molecule has 1 atom stereocenters. The van der Waals surface area contributed by atoms with E-state index in [9.17, 15) is 13.2 Å². The van der Waals surface area contributed by atoms with Gasteiger partial charge in [-0.15, -0.1) is 0 Å². The molecule has 0 bridgehead atoms. The summed E-state index contributed by atoms with van der Waals surface area (Å²) in [5.41, 5.74) is -0.809. The Balaban J connectivity index is 0.000000544. The maximum atomic E-state index is 10.7. The zero-order valence-corrected chi connectivity index (χ0v) is 29.3. The van der Waals surface area contributed by atoms with Crippen LogP contribution < -0.4 is 9.47 Å². The fourth-order valence-corrected chi connectivity index (χ4v) is 8.01. The molecule has 0 aliphatic heterocycles. The fourth-order valence-electron chi connectivity index (χ4n) is 4.92. The lowest BCUT2D eigenvalue weighted by molar-refractivity contribution is -0.0517. The van der Waals surface area contributed by atoms with Gasteiger partial charge in [0.1, 0.15) is 16.6 Å². The highest BCUT2D eigenvalue weighted by Crippen LogP contribution is 2.42. The van der Waals surface area contributed by atoms with Crippen LogP contribution in [0.25, 0.3) is 22.3 Å². The topological polar surface area (TPSA) is 75.7 Å². The smallest absolute Gasteiger partial charge is 0.485 e. The maximum Gasteiger partial charge on any atom is 0.485 e. The highest BCUT2D eigenvalue weighted by Gasteiger charge is 2.37. The molecule has 50 heavy (non-hydrogen) atoms. The van der Waals surface area contributed by atoms with Gasteiger partial charge in [-0.25, -0.2) is 8.42 Å². The molecule has 0 radical (unpaired) electrons. The molecule has 0 heterocycles. The van der Waals surface area contributed by atoms with Gasteiger partial charge in [0.25, 0.3) is 0 Å². The molecule has 0 amide bonds. The van der Waals surface area contributed by atoms with Crippen molar-refractivity contribution in [3.8, 4) is 33.8 Å². The lowest BCUT2D eigenvalue weighted by atomic mass is 10.1. The Labute approximate surface area is 296 Å². The zero-order chi connectivity index (χ0) is 35.7. The van der Waals surface area contributed by atoms with Crippen LogP contribution >= 0.6 is 11.8 Å². The first kappa shape index (κ1) is 36.6. The summed E-state index contributed by atoms with van der Waals surface area (Å²) in [6, 6.07) is 53.4. The molecule has 0 N–H and O–H groups in total. The molecule has 0 saturated heterocycles. The van der Waals surface area contributed by atoms with Crippen LogP contribution in [0.1, 0.15) is 0 Å². The molecule has 6 aromatic rings. The molecule has 0 aromatic heterocycles. The van der Waals surface area contributed by atoms with Crippen molar-refractivity contribution in [3.63, 3.8) is 0 Å². The van der Waals surface area contributed by atoms with Crippen molar-refractivity contribution in [1.82, 2.24) is 0 Å². The standard InChI is InChI=1S/C38H31O2S2.CHF3O3S/c1-39-35-15-9-10-16-38(35)42(33-23-19-31(20-24-33)29-13-7-4-8-14-29)34-25-26-37(36(27-34)40-2)41-32-21-17-30(18-22-32)28-11-5-3-6-12-28;2-1(3,4)8(5,6)7/h3-27H,1-2H3;(H,5,6,7)/q+1;/p-1. The quantitative estimate of drug-likeness (QED) is 0.0837. The number of halogens is 3. The molecule has 256 valence electrons. The van der Waals surface area contributed by atoms with Crippen molar-refractivity contribution >= 4 is 32.8 Å². The Morgan fingerprint density at radius 2 is 1.02 bits per heavy atom. The highest BCUT2D eigenvalue weighted by atomic mass is 32.2. The van der Waals surface area contributed by atoms with Crippen molar-refractivity contribution in [1.29, 1.82) is 0 Å². The summed E-state index contributed by atoms with van der Waals surface area (Å²) < 4.78 is 70.7. The van der Waals surface area contributed by atoms with Crippen LogP contribution in [-0.2, 0) is 21.0 Å². The SMILES string of the molecule is COc1cc([S+](c2ccc(-c3ccccc3)cc2)c2ccccc2OC)ccc1Sc1ccc(-c2ccccc2)cc1.O=S(=O)([O-])C(F)(F)F. The summed E-state index contributed by atoms with van der Waals surface area (Å²) in [5, 5.41) is 0. The molecule has 6 rings (SSSR count). The minimum Gasteiger partial charge on any atom is -0.741 e. The van der Waals surface area contributed by atoms with Crippen LogP contribution in [0.15, 0.2) is 176 Å². The average Bonchev–Trinajstić information content (AvgIpc) is 3.13. The van der Waals surface area contributed by atoms with E-state index in [2.05, 4.69) is 127 Å². The van der Waals surface area contributed by atoms with E-state index in [4.69, 9.17) is 22.4 Å². The molecule has 0 fully saturated rings. The second kappa shape index (κ2) is 16.4. The number of methoxy groups -OCH3 is 2. The van der Waals surface area contributed by atoms with E-state index in [0.717, 1.165) is 21.3 Å². The summed E-state index contributed by atoms with van der Waals surface area (Å²) in [6.45, 7) is 0. The lowest BCUT2D eigenvalue weighted by Crippen LogP contribution is -2.21. The molecule has 0 saturated carbocycles. The van der Waals surface area contributed by atoms with Crippen molar-refractivity contribution in [2.24, 2.45) is 0 Å². The molecule has 6 aromatic carbocycles. The molecule has 5 nitrogen and oxygen atoms in total. The van der Waals surface area contributed by atoms with Gasteiger partial charge in [0, 0.05) is 11.0 Å². The van der Waals surface area contributed by atoms with Crippen molar-refractivity contribution in [2.75, 3.05) is 14.2 Å². The first-order valence-corrected chi connectivity index (χ1v) is 18.5. The van der Waals surface area contributed by atoms with E-state index in [0.29, 0.717) is 0 Å². The van der Waals surface area contributed by atoms with Gasteiger partial charge >= 0.3 is 5.51 Å². The monoisotopic (exact) mass is 732 g/mol. The molecule has 1 unspecified atom stereocenters. The second-order valence-electron chi connectivity index (χ2n) is 10.6. The summed E-state index contributed by atoms with van der Waals surface area (Å²) >= 11 is 1.72. The Morgan fingerprint density at radius 1 is 0.580 bits per heavy atom. The van der Waals surface area contributed by atoms with Crippen molar-refractivity contribution < 1.29 is 35.6 Å². The van der Waals surface area contributed by atoms with Gasteiger partial charge < -0.3 is 14.0 Å². The van der Waals surface area contributed by atoms with Gasteiger partial charge in [-0.2, -0.15) is 13.2 Å². The number of rotatable bonds is 9. The number of alkyl halides is 3. The number of hydrogen-bond acceptors (Lipinski definition) is 6. The average molecular weight is 733 g/mol. The van der Waals surface area contributed by atoms with E-state index >= 15 is 0 Å². The van der Waals surface area contributed by atoms with Gasteiger partial charge in [-0.3, -0.25) is 0 Å². The summed E-state index contributed by atoms with van der Waals surface area (Å²) in [7, 11) is -3.00. The van der Waals surface area contributed by atoms with Crippen molar-refractivity contribution in [2.45, 2.75) is 30.0 Å². The number of benzene rings is 6. The minimum atomic E-state index is -6.09. The summed E-state index contributed by atoms with van der Waals surface area (Å²) in [6.07, 6.45) is 0. The largest absolute Gasteiger partial charge is 0.741 e. The third-order valence-corrected chi connectivity index (χ3v) is 11.2. The number of hydrogen-bond donors (Lipinski definition) is 0. The number of para-hydroxylation sites is 1. The first-order valence-electron chi connectivity index (χ1n) is 15.0. The highest BCUT2D eigenvalue weighted by molar-refractivity contribution is 7.99.